The Balaban J connectivity index is 1.78. The molecule has 1 aliphatic heterocycles. The van der Waals surface area contributed by atoms with Crippen molar-refractivity contribution in [2.45, 2.75) is 32.2 Å². The van der Waals surface area contributed by atoms with E-state index >= 15 is 0 Å². The van der Waals surface area contributed by atoms with E-state index in [4.69, 9.17) is 10.5 Å². The number of amides is 1. The minimum absolute atomic E-state index is 0.139. The molecule has 0 aliphatic carbocycles. The summed E-state index contributed by atoms with van der Waals surface area (Å²) in [4.78, 5) is 10.7. The van der Waals surface area contributed by atoms with E-state index in [2.05, 4.69) is 17.4 Å². The van der Waals surface area contributed by atoms with E-state index in [1.165, 1.54) is 11.1 Å². The molecule has 4 nitrogen and oxygen atoms in total. The molecule has 1 aromatic rings. The maximum atomic E-state index is 10.7. The van der Waals surface area contributed by atoms with Gasteiger partial charge in [0.25, 0.3) is 0 Å². The lowest BCUT2D eigenvalue weighted by Gasteiger charge is -2.12. The number of benzene rings is 1. The Morgan fingerprint density at radius 1 is 1.56 bits per heavy atom. The average molecular weight is 248 g/mol. The van der Waals surface area contributed by atoms with Gasteiger partial charge in [-0.05, 0) is 37.1 Å². The first-order valence-electron chi connectivity index (χ1n) is 6.41. The molecule has 4 heteroatoms. The summed E-state index contributed by atoms with van der Waals surface area (Å²) < 4.78 is 5.47. The molecule has 2 rings (SSSR count). The molecule has 0 spiro atoms. The highest BCUT2D eigenvalue weighted by Crippen LogP contribution is 2.25. The van der Waals surface area contributed by atoms with E-state index in [0.29, 0.717) is 6.42 Å². The summed E-state index contributed by atoms with van der Waals surface area (Å²) in [6.07, 6.45) is 2.35. The van der Waals surface area contributed by atoms with Gasteiger partial charge >= 0.3 is 0 Å². The number of primary amides is 1. The molecule has 1 heterocycles. The van der Waals surface area contributed by atoms with E-state index in [1.54, 1.807) is 0 Å². The monoisotopic (exact) mass is 248 g/mol. The summed E-state index contributed by atoms with van der Waals surface area (Å²) in [5.41, 5.74) is 7.75. The fourth-order valence-corrected chi connectivity index (χ4v) is 2.23. The number of ether oxygens (including phenoxy) is 1. The van der Waals surface area contributed by atoms with Crippen LogP contribution in [0.3, 0.4) is 0 Å². The average Bonchev–Trinajstić information content (AvgIpc) is 2.75. The van der Waals surface area contributed by atoms with E-state index in [1.807, 2.05) is 13.0 Å². The summed E-state index contributed by atoms with van der Waals surface area (Å²) >= 11 is 0. The van der Waals surface area contributed by atoms with Crippen molar-refractivity contribution in [2.24, 2.45) is 5.73 Å². The number of rotatable bonds is 6. The van der Waals surface area contributed by atoms with Gasteiger partial charge < -0.3 is 15.8 Å². The third-order valence-corrected chi connectivity index (χ3v) is 3.17. The molecule has 0 radical (unpaired) electrons. The quantitative estimate of drug-likeness (QED) is 0.790. The molecule has 1 atom stereocenters. The van der Waals surface area contributed by atoms with Crippen LogP contribution >= 0.6 is 0 Å². The normalized spacial score (nSPS) is 14.9. The number of nitrogens with two attached hydrogens (primary N) is 1. The van der Waals surface area contributed by atoms with Gasteiger partial charge in [0.05, 0.1) is 6.61 Å². The van der Waals surface area contributed by atoms with Crippen LogP contribution in [0.2, 0.25) is 0 Å². The maximum Gasteiger partial charge on any atom is 0.218 e. The summed E-state index contributed by atoms with van der Waals surface area (Å²) in [7, 11) is 0. The minimum Gasteiger partial charge on any atom is -0.493 e. The highest BCUT2D eigenvalue weighted by molar-refractivity contribution is 5.74. The van der Waals surface area contributed by atoms with Crippen LogP contribution < -0.4 is 15.8 Å². The Labute approximate surface area is 108 Å². The molecule has 18 heavy (non-hydrogen) atoms. The molecule has 0 bridgehead atoms. The number of hydrogen-bond acceptors (Lipinski definition) is 3. The highest BCUT2D eigenvalue weighted by atomic mass is 16.5. The van der Waals surface area contributed by atoms with Crippen molar-refractivity contribution in [1.29, 1.82) is 0 Å². The van der Waals surface area contributed by atoms with Crippen LogP contribution in [0.5, 0.6) is 5.75 Å². The number of carbonyl (C=O) groups is 1. The van der Waals surface area contributed by atoms with Gasteiger partial charge in [0.15, 0.2) is 0 Å². The SMILES string of the molecule is CC(CC(N)=O)NCCc1ccc2c(c1)CCO2. The molecule has 98 valence electrons. The lowest BCUT2D eigenvalue weighted by atomic mass is 10.1. The molecule has 3 N–H and O–H groups in total. The zero-order chi connectivity index (χ0) is 13.0. The Hall–Kier alpha value is -1.55. The zero-order valence-electron chi connectivity index (χ0n) is 10.7. The predicted octanol–water partition coefficient (Wildman–Crippen LogP) is 1.02. The van der Waals surface area contributed by atoms with Crippen LogP contribution in [-0.4, -0.2) is 25.1 Å². The van der Waals surface area contributed by atoms with Gasteiger partial charge in [-0.3, -0.25) is 4.79 Å². The summed E-state index contributed by atoms with van der Waals surface area (Å²) in [6.45, 7) is 3.63. The van der Waals surface area contributed by atoms with Gasteiger partial charge in [0.2, 0.25) is 5.91 Å². The second kappa shape index (κ2) is 5.87. The van der Waals surface area contributed by atoms with Crippen molar-refractivity contribution in [3.8, 4) is 5.75 Å². The molecular weight excluding hydrogens is 228 g/mol. The van der Waals surface area contributed by atoms with Gasteiger partial charge in [-0.25, -0.2) is 0 Å². The number of fused-ring (bicyclic) bond motifs is 1. The fourth-order valence-electron chi connectivity index (χ4n) is 2.23. The Morgan fingerprint density at radius 3 is 3.17 bits per heavy atom. The largest absolute Gasteiger partial charge is 0.493 e. The van der Waals surface area contributed by atoms with Crippen molar-refractivity contribution >= 4 is 5.91 Å². The zero-order valence-corrected chi connectivity index (χ0v) is 10.7. The molecule has 1 aliphatic rings. The molecule has 1 aromatic carbocycles. The number of carbonyl (C=O) groups excluding carboxylic acids is 1. The second-order valence-electron chi connectivity index (χ2n) is 4.82. The first kappa shape index (κ1) is 12.9. The summed E-state index contributed by atoms with van der Waals surface area (Å²) in [5, 5.41) is 3.30. The van der Waals surface area contributed by atoms with Crippen LogP contribution in [-0.2, 0) is 17.6 Å². The van der Waals surface area contributed by atoms with Gasteiger partial charge in [-0.15, -0.1) is 0 Å². The first-order valence-corrected chi connectivity index (χ1v) is 6.41. The number of hydrogen-bond donors (Lipinski definition) is 2. The highest BCUT2D eigenvalue weighted by Gasteiger charge is 2.12. The minimum atomic E-state index is -0.260. The van der Waals surface area contributed by atoms with Crippen molar-refractivity contribution in [3.05, 3.63) is 29.3 Å². The fraction of sp³-hybridized carbons (Fsp3) is 0.500. The Morgan fingerprint density at radius 2 is 2.39 bits per heavy atom. The second-order valence-corrected chi connectivity index (χ2v) is 4.82. The van der Waals surface area contributed by atoms with E-state index in [0.717, 1.165) is 31.7 Å². The predicted molar refractivity (Wildman–Crippen MR) is 70.6 cm³/mol. The standard InChI is InChI=1S/C14H20N2O2/c1-10(8-14(15)17)16-6-4-11-2-3-13-12(9-11)5-7-18-13/h2-3,9-10,16H,4-8H2,1H3,(H2,15,17). The third kappa shape index (κ3) is 3.47. The van der Waals surface area contributed by atoms with Crippen molar-refractivity contribution < 1.29 is 9.53 Å². The maximum absolute atomic E-state index is 10.7. The topological polar surface area (TPSA) is 64.4 Å². The third-order valence-electron chi connectivity index (χ3n) is 3.17. The number of nitrogens with one attached hydrogen (secondary N) is 1. The van der Waals surface area contributed by atoms with Crippen molar-refractivity contribution in [3.63, 3.8) is 0 Å². The smallest absolute Gasteiger partial charge is 0.218 e. The molecule has 0 aromatic heterocycles. The molecule has 0 fully saturated rings. The molecular formula is C14H20N2O2. The summed E-state index contributed by atoms with van der Waals surface area (Å²) in [6, 6.07) is 6.50. The van der Waals surface area contributed by atoms with Gasteiger partial charge in [0.1, 0.15) is 5.75 Å². The summed E-state index contributed by atoms with van der Waals surface area (Å²) in [5.74, 6) is 0.762. The van der Waals surface area contributed by atoms with Crippen LogP contribution in [0, 0.1) is 0 Å². The molecule has 0 saturated carbocycles. The van der Waals surface area contributed by atoms with E-state index < -0.39 is 0 Å². The lowest BCUT2D eigenvalue weighted by molar-refractivity contribution is -0.118. The Bertz CT molecular complexity index is 432. The van der Waals surface area contributed by atoms with Gasteiger partial charge in [-0.1, -0.05) is 12.1 Å². The van der Waals surface area contributed by atoms with E-state index in [-0.39, 0.29) is 11.9 Å². The van der Waals surface area contributed by atoms with Crippen molar-refractivity contribution in [2.75, 3.05) is 13.2 Å². The van der Waals surface area contributed by atoms with E-state index in [9.17, 15) is 4.79 Å². The molecule has 0 saturated heterocycles. The molecule has 1 unspecified atom stereocenters. The van der Waals surface area contributed by atoms with Crippen LogP contribution in [0.15, 0.2) is 18.2 Å². The first-order chi connectivity index (χ1) is 8.65. The van der Waals surface area contributed by atoms with Crippen LogP contribution in [0.1, 0.15) is 24.5 Å². The van der Waals surface area contributed by atoms with Gasteiger partial charge in [-0.2, -0.15) is 0 Å². The molecule has 1 amide bonds. The van der Waals surface area contributed by atoms with Crippen molar-refractivity contribution in [1.82, 2.24) is 5.32 Å². The Kier molecular flexibility index (Phi) is 4.20. The van der Waals surface area contributed by atoms with Crippen LogP contribution in [0.25, 0.3) is 0 Å². The van der Waals surface area contributed by atoms with Gasteiger partial charge in [0, 0.05) is 18.9 Å². The lowest BCUT2D eigenvalue weighted by Crippen LogP contribution is -2.32. The van der Waals surface area contributed by atoms with Crippen LogP contribution in [0.4, 0.5) is 0 Å².